The van der Waals surface area contributed by atoms with Crippen molar-refractivity contribution >= 4 is 0 Å². The van der Waals surface area contributed by atoms with Gasteiger partial charge in [0.05, 0.1) is 5.41 Å². The van der Waals surface area contributed by atoms with Crippen molar-refractivity contribution in [1.82, 2.24) is 10.1 Å². The lowest BCUT2D eigenvalue weighted by Crippen LogP contribution is -2.28. The molecule has 19 heavy (non-hydrogen) atoms. The fourth-order valence-corrected chi connectivity index (χ4v) is 1.78. The number of benzene rings is 1. The van der Waals surface area contributed by atoms with Gasteiger partial charge in [-0.25, -0.2) is 0 Å². The molecule has 0 spiro atoms. The maximum absolute atomic E-state index is 5.71. The Kier molecular flexibility index (Phi) is 3.71. The van der Waals surface area contributed by atoms with Gasteiger partial charge in [0.2, 0.25) is 5.89 Å². The van der Waals surface area contributed by atoms with E-state index in [9.17, 15) is 0 Å². The number of aryl methyl sites for hydroxylation is 2. The molecule has 0 unspecified atom stereocenters. The fourth-order valence-electron chi connectivity index (χ4n) is 1.78. The van der Waals surface area contributed by atoms with E-state index in [1.165, 1.54) is 16.7 Å². The van der Waals surface area contributed by atoms with Crippen molar-refractivity contribution in [2.24, 2.45) is 5.73 Å². The molecule has 0 amide bonds. The summed E-state index contributed by atoms with van der Waals surface area (Å²) in [5, 5.41) is 4.04. The summed E-state index contributed by atoms with van der Waals surface area (Å²) in [4.78, 5) is 4.44. The Morgan fingerprint density at radius 3 is 2.58 bits per heavy atom. The van der Waals surface area contributed by atoms with E-state index in [4.69, 9.17) is 10.3 Å². The van der Waals surface area contributed by atoms with E-state index in [0.717, 1.165) is 0 Å². The molecule has 0 fully saturated rings. The molecule has 0 saturated heterocycles. The molecule has 2 N–H and O–H groups in total. The summed E-state index contributed by atoms with van der Waals surface area (Å²) >= 11 is 0. The van der Waals surface area contributed by atoms with Gasteiger partial charge in [-0.1, -0.05) is 23.4 Å². The van der Waals surface area contributed by atoms with Crippen LogP contribution in [0, 0.1) is 13.8 Å². The zero-order chi connectivity index (χ0) is 14.0. The van der Waals surface area contributed by atoms with Gasteiger partial charge in [0.15, 0.2) is 5.82 Å². The van der Waals surface area contributed by atoms with Crippen LogP contribution < -0.4 is 5.73 Å². The molecule has 2 aromatic rings. The summed E-state index contributed by atoms with van der Waals surface area (Å²) in [7, 11) is 0. The molecule has 0 saturated carbocycles. The van der Waals surface area contributed by atoms with Crippen LogP contribution in [0.1, 0.15) is 42.3 Å². The lowest BCUT2D eigenvalue weighted by molar-refractivity contribution is 0.309. The van der Waals surface area contributed by atoms with Crippen LogP contribution in [0.3, 0.4) is 0 Å². The summed E-state index contributed by atoms with van der Waals surface area (Å²) in [6.07, 6.45) is 0.686. The average Bonchev–Trinajstić information content (AvgIpc) is 2.83. The summed E-state index contributed by atoms with van der Waals surface area (Å²) < 4.78 is 5.31. The van der Waals surface area contributed by atoms with Crippen molar-refractivity contribution in [2.45, 2.75) is 39.5 Å². The molecule has 1 aromatic carbocycles. The van der Waals surface area contributed by atoms with E-state index in [2.05, 4.69) is 42.2 Å². The first kappa shape index (κ1) is 13.7. The second kappa shape index (κ2) is 5.13. The minimum Gasteiger partial charge on any atom is -0.339 e. The van der Waals surface area contributed by atoms with E-state index in [1.807, 2.05) is 13.8 Å². The predicted octanol–water partition coefficient (Wildman–Crippen LogP) is 2.51. The smallest absolute Gasteiger partial charge is 0.233 e. The Balaban J connectivity index is 2.18. The predicted molar refractivity (Wildman–Crippen MR) is 75.1 cm³/mol. The van der Waals surface area contributed by atoms with Crippen LogP contribution in [0.25, 0.3) is 0 Å². The van der Waals surface area contributed by atoms with Crippen molar-refractivity contribution in [3.8, 4) is 0 Å². The number of aromatic nitrogens is 2. The van der Waals surface area contributed by atoms with E-state index < -0.39 is 0 Å². The van der Waals surface area contributed by atoms with Crippen LogP contribution in [-0.2, 0) is 11.8 Å². The van der Waals surface area contributed by atoms with Crippen molar-refractivity contribution in [1.29, 1.82) is 0 Å². The monoisotopic (exact) mass is 259 g/mol. The number of nitrogens with two attached hydrogens (primary N) is 1. The van der Waals surface area contributed by atoms with Crippen molar-refractivity contribution in [3.05, 3.63) is 46.6 Å². The standard InChI is InChI=1S/C15H21N3O/c1-10-5-6-12(7-11(10)2)8-13-17-14(19-18-13)15(3,4)9-16/h5-7H,8-9,16H2,1-4H3. The van der Waals surface area contributed by atoms with Crippen LogP contribution in [0.2, 0.25) is 0 Å². The van der Waals surface area contributed by atoms with Gasteiger partial charge in [0.1, 0.15) is 0 Å². The van der Waals surface area contributed by atoms with E-state index >= 15 is 0 Å². The number of rotatable bonds is 4. The Labute approximate surface area is 114 Å². The molecule has 0 atom stereocenters. The summed E-state index contributed by atoms with van der Waals surface area (Å²) in [5.74, 6) is 1.31. The SMILES string of the molecule is Cc1ccc(Cc2noc(C(C)(C)CN)n2)cc1C. The molecular weight excluding hydrogens is 238 g/mol. The molecule has 4 heteroatoms. The Morgan fingerprint density at radius 2 is 1.95 bits per heavy atom. The van der Waals surface area contributed by atoms with Gasteiger partial charge in [0, 0.05) is 13.0 Å². The van der Waals surface area contributed by atoms with Gasteiger partial charge < -0.3 is 10.3 Å². The highest BCUT2D eigenvalue weighted by atomic mass is 16.5. The molecule has 102 valence electrons. The largest absolute Gasteiger partial charge is 0.339 e. The summed E-state index contributed by atoms with van der Waals surface area (Å²) in [5.41, 5.74) is 9.21. The molecule has 1 aromatic heterocycles. The highest BCUT2D eigenvalue weighted by Gasteiger charge is 2.25. The third-order valence-electron chi connectivity index (χ3n) is 3.49. The normalized spacial score (nSPS) is 11.8. The highest BCUT2D eigenvalue weighted by molar-refractivity contribution is 5.31. The Hall–Kier alpha value is -1.68. The summed E-state index contributed by atoms with van der Waals surface area (Å²) in [6.45, 7) is 8.70. The molecule has 0 aliphatic rings. The van der Waals surface area contributed by atoms with Gasteiger partial charge in [-0.3, -0.25) is 0 Å². The second-order valence-corrected chi connectivity index (χ2v) is 5.70. The minimum atomic E-state index is -0.269. The van der Waals surface area contributed by atoms with Gasteiger partial charge >= 0.3 is 0 Å². The topological polar surface area (TPSA) is 64.9 Å². The number of hydrogen-bond donors (Lipinski definition) is 1. The van der Waals surface area contributed by atoms with E-state index in [0.29, 0.717) is 24.7 Å². The first-order valence-electron chi connectivity index (χ1n) is 6.51. The first-order chi connectivity index (χ1) is 8.92. The molecule has 0 radical (unpaired) electrons. The molecule has 2 rings (SSSR count). The molecule has 0 aliphatic heterocycles. The van der Waals surface area contributed by atoms with Crippen LogP contribution >= 0.6 is 0 Å². The third-order valence-corrected chi connectivity index (χ3v) is 3.49. The van der Waals surface area contributed by atoms with Crippen LogP contribution in [-0.4, -0.2) is 16.7 Å². The zero-order valence-corrected chi connectivity index (χ0v) is 12.0. The Morgan fingerprint density at radius 1 is 1.21 bits per heavy atom. The van der Waals surface area contributed by atoms with E-state index in [1.54, 1.807) is 0 Å². The van der Waals surface area contributed by atoms with Crippen molar-refractivity contribution in [3.63, 3.8) is 0 Å². The fraction of sp³-hybridized carbons (Fsp3) is 0.467. The van der Waals surface area contributed by atoms with E-state index in [-0.39, 0.29) is 5.41 Å². The zero-order valence-electron chi connectivity index (χ0n) is 12.0. The van der Waals surface area contributed by atoms with Gasteiger partial charge in [-0.15, -0.1) is 0 Å². The third kappa shape index (κ3) is 3.01. The first-order valence-corrected chi connectivity index (χ1v) is 6.51. The molecule has 1 heterocycles. The van der Waals surface area contributed by atoms with Gasteiger partial charge in [0.25, 0.3) is 0 Å². The number of hydrogen-bond acceptors (Lipinski definition) is 4. The average molecular weight is 259 g/mol. The quantitative estimate of drug-likeness (QED) is 0.916. The lowest BCUT2D eigenvalue weighted by Gasteiger charge is -2.15. The minimum absolute atomic E-state index is 0.269. The Bertz CT molecular complexity index is 573. The van der Waals surface area contributed by atoms with Crippen LogP contribution in [0.4, 0.5) is 0 Å². The summed E-state index contributed by atoms with van der Waals surface area (Å²) in [6, 6.07) is 6.39. The lowest BCUT2D eigenvalue weighted by atomic mass is 9.94. The van der Waals surface area contributed by atoms with Gasteiger partial charge in [-0.05, 0) is 44.4 Å². The molecule has 4 nitrogen and oxygen atoms in total. The van der Waals surface area contributed by atoms with Crippen molar-refractivity contribution < 1.29 is 4.52 Å². The second-order valence-electron chi connectivity index (χ2n) is 5.70. The maximum atomic E-state index is 5.71. The molecule has 0 aliphatic carbocycles. The molecular formula is C15H21N3O. The number of nitrogens with zero attached hydrogens (tertiary/aromatic N) is 2. The van der Waals surface area contributed by atoms with Crippen LogP contribution in [0.5, 0.6) is 0 Å². The van der Waals surface area contributed by atoms with Crippen LogP contribution in [0.15, 0.2) is 22.7 Å². The highest BCUT2D eigenvalue weighted by Crippen LogP contribution is 2.20. The van der Waals surface area contributed by atoms with Gasteiger partial charge in [-0.2, -0.15) is 4.98 Å². The van der Waals surface area contributed by atoms with Crippen molar-refractivity contribution in [2.75, 3.05) is 6.54 Å². The molecule has 0 bridgehead atoms. The maximum Gasteiger partial charge on any atom is 0.233 e.